The lowest BCUT2D eigenvalue weighted by molar-refractivity contribution is 0.207. The summed E-state index contributed by atoms with van der Waals surface area (Å²) in [4.78, 5) is 0. The van der Waals surface area contributed by atoms with Crippen molar-refractivity contribution in [2.24, 2.45) is 0 Å². The molecular formula is C12H17BrN2. The van der Waals surface area contributed by atoms with E-state index < -0.39 is 0 Å². The van der Waals surface area contributed by atoms with Crippen LogP contribution in [0.25, 0.3) is 0 Å². The number of anilines is 1. The van der Waals surface area contributed by atoms with Crippen LogP contribution in [-0.2, 0) is 6.54 Å². The second kappa shape index (κ2) is 4.14. The summed E-state index contributed by atoms with van der Waals surface area (Å²) in [5.41, 5.74) is 8.33. The molecule has 0 aromatic heterocycles. The summed E-state index contributed by atoms with van der Waals surface area (Å²) in [6.45, 7) is 3.15. The van der Waals surface area contributed by atoms with Crippen molar-refractivity contribution in [3.8, 4) is 0 Å². The Kier molecular flexibility index (Phi) is 3.03. The molecule has 0 spiro atoms. The highest BCUT2D eigenvalue weighted by atomic mass is 79.9. The van der Waals surface area contributed by atoms with Gasteiger partial charge >= 0.3 is 0 Å². The molecule has 1 saturated carbocycles. The van der Waals surface area contributed by atoms with E-state index in [1.807, 2.05) is 12.1 Å². The fraction of sp³-hybridized carbons (Fsp3) is 0.500. The molecule has 0 bridgehead atoms. The molecule has 15 heavy (non-hydrogen) atoms. The maximum Gasteiger partial charge on any atom is 0.0370 e. The summed E-state index contributed by atoms with van der Waals surface area (Å²) in [7, 11) is 0. The predicted octanol–water partition coefficient (Wildman–Crippen LogP) is 3.06. The molecule has 2 nitrogen and oxygen atoms in total. The zero-order chi connectivity index (χ0) is 10.9. The molecule has 0 atom stereocenters. The number of hydrogen-bond donors (Lipinski definition) is 2. The van der Waals surface area contributed by atoms with Gasteiger partial charge in [-0.1, -0.05) is 22.0 Å². The standard InChI is InChI=1S/C12H17BrN2/c1-12(5-2-6-12)15-8-9-3-4-10(13)7-11(9)14/h3-4,7,15H,2,5-6,8,14H2,1H3. The van der Waals surface area contributed by atoms with Crippen molar-refractivity contribution in [2.75, 3.05) is 5.73 Å². The van der Waals surface area contributed by atoms with Gasteiger partial charge in [0.15, 0.2) is 0 Å². The Morgan fingerprint density at radius 2 is 2.20 bits per heavy atom. The lowest BCUT2D eigenvalue weighted by Gasteiger charge is -2.39. The Morgan fingerprint density at radius 3 is 2.73 bits per heavy atom. The molecule has 1 aliphatic rings. The molecule has 1 aromatic carbocycles. The van der Waals surface area contributed by atoms with Crippen molar-refractivity contribution in [2.45, 2.75) is 38.3 Å². The number of halogens is 1. The van der Waals surface area contributed by atoms with Crippen LogP contribution in [-0.4, -0.2) is 5.54 Å². The van der Waals surface area contributed by atoms with E-state index in [0.29, 0.717) is 5.54 Å². The van der Waals surface area contributed by atoms with Crippen LogP contribution in [0.4, 0.5) is 5.69 Å². The van der Waals surface area contributed by atoms with E-state index >= 15 is 0 Å². The molecule has 3 heteroatoms. The van der Waals surface area contributed by atoms with Crippen LogP contribution in [0.15, 0.2) is 22.7 Å². The first-order valence-electron chi connectivity index (χ1n) is 5.38. The number of hydrogen-bond acceptors (Lipinski definition) is 2. The van der Waals surface area contributed by atoms with Crippen LogP contribution in [0.5, 0.6) is 0 Å². The van der Waals surface area contributed by atoms with Gasteiger partial charge in [0, 0.05) is 22.2 Å². The monoisotopic (exact) mass is 268 g/mol. The van der Waals surface area contributed by atoms with Gasteiger partial charge in [-0.3, -0.25) is 0 Å². The molecule has 82 valence electrons. The Labute approximate surface area is 99.4 Å². The SMILES string of the molecule is CC1(NCc2ccc(Br)cc2N)CCC1. The molecule has 0 heterocycles. The second-order valence-electron chi connectivity index (χ2n) is 4.61. The summed E-state index contributed by atoms with van der Waals surface area (Å²) < 4.78 is 1.04. The molecule has 0 saturated heterocycles. The Bertz CT molecular complexity index is 359. The predicted molar refractivity (Wildman–Crippen MR) is 67.7 cm³/mol. The van der Waals surface area contributed by atoms with Gasteiger partial charge in [0.25, 0.3) is 0 Å². The summed E-state index contributed by atoms with van der Waals surface area (Å²) in [5.74, 6) is 0. The fourth-order valence-corrected chi connectivity index (χ4v) is 2.30. The first-order valence-corrected chi connectivity index (χ1v) is 6.17. The number of nitrogen functional groups attached to an aromatic ring is 1. The van der Waals surface area contributed by atoms with Crippen molar-refractivity contribution in [3.63, 3.8) is 0 Å². The van der Waals surface area contributed by atoms with Crippen molar-refractivity contribution in [1.82, 2.24) is 5.32 Å². The minimum absolute atomic E-state index is 0.347. The van der Waals surface area contributed by atoms with Crippen molar-refractivity contribution >= 4 is 21.6 Å². The van der Waals surface area contributed by atoms with E-state index in [1.54, 1.807) is 0 Å². The Morgan fingerprint density at radius 1 is 1.47 bits per heavy atom. The third kappa shape index (κ3) is 2.52. The van der Waals surface area contributed by atoms with Gasteiger partial charge in [-0.2, -0.15) is 0 Å². The first-order chi connectivity index (χ1) is 7.09. The van der Waals surface area contributed by atoms with E-state index in [-0.39, 0.29) is 0 Å². The summed E-state index contributed by atoms with van der Waals surface area (Å²) in [5, 5.41) is 3.58. The molecular weight excluding hydrogens is 252 g/mol. The molecule has 0 radical (unpaired) electrons. The van der Waals surface area contributed by atoms with Gasteiger partial charge in [-0.05, 0) is 43.9 Å². The Balaban J connectivity index is 1.98. The molecule has 0 aliphatic heterocycles. The van der Waals surface area contributed by atoms with E-state index in [4.69, 9.17) is 5.73 Å². The molecule has 1 aromatic rings. The quantitative estimate of drug-likeness (QED) is 0.828. The topological polar surface area (TPSA) is 38.0 Å². The maximum atomic E-state index is 5.94. The fourth-order valence-electron chi connectivity index (χ4n) is 1.92. The van der Waals surface area contributed by atoms with Gasteiger partial charge < -0.3 is 11.1 Å². The number of nitrogens with one attached hydrogen (secondary N) is 1. The van der Waals surface area contributed by atoms with Gasteiger partial charge in [-0.15, -0.1) is 0 Å². The highest BCUT2D eigenvalue weighted by Gasteiger charge is 2.30. The van der Waals surface area contributed by atoms with Gasteiger partial charge in [0.05, 0.1) is 0 Å². The minimum atomic E-state index is 0.347. The van der Waals surface area contributed by atoms with Crippen LogP contribution in [0.2, 0.25) is 0 Å². The summed E-state index contributed by atoms with van der Waals surface area (Å²) in [6, 6.07) is 6.07. The van der Waals surface area contributed by atoms with E-state index in [1.165, 1.54) is 24.8 Å². The lowest BCUT2D eigenvalue weighted by Crippen LogP contribution is -2.47. The maximum absolute atomic E-state index is 5.94. The molecule has 2 rings (SSSR count). The lowest BCUT2D eigenvalue weighted by atomic mass is 9.78. The Hall–Kier alpha value is -0.540. The highest BCUT2D eigenvalue weighted by Crippen LogP contribution is 2.31. The van der Waals surface area contributed by atoms with Gasteiger partial charge in [-0.25, -0.2) is 0 Å². The second-order valence-corrected chi connectivity index (χ2v) is 5.53. The zero-order valence-corrected chi connectivity index (χ0v) is 10.6. The van der Waals surface area contributed by atoms with Crippen LogP contribution in [0.3, 0.4) is 0 Å². The van der Waals surface area contributed by atoms with Crippen LogP contribution in [0, 0.1) is 0 Å². The number of nitrogens with two attached hydrogens (primary N) is 1. The molecule has 3 N–H and O–H groups in total. The first kappa shape index (κ1) is 11.0. The summed E-state index contributed by atoms with van der Waals surface area (Å²) in [6.07, 6.45) is 3.91. The molecule has 1 aliphatic carbocycles. The molecule has 0 unspecified atom stereocenters. The normalized spacial score (nSPS) is 18.5. The van der Waals surface area contributed by atoms with Crippen molar-refractivity contribution in [1.29, 1.82) is 0 Å². The molecule has 1 fully saturated rings. The smallest absolute Gasteiger partial charge is 0.0370 e. The van der Waals surface area contributed by atoms with Crippen molar-refractivity contribution < 1.29 is 0 Å². The van der Waals surface area contributed by atoms with Crippen LogP contribution in [0.1, 0.15) is 31.7 Å². The molecule has 0 amide bonds. The van der Waals surface area contributed by atoms with Gasteiger partial charge in [0.2, 0.25) is 0 Å². The van der Waals surface area contributed by atoms with Crippen LogP contribution >= 0.6 is 15.9 Å². The number of benzene rings is 1. The summed E-state index contributed by atoms with van der Waals surface area (Å²) >= 11 is 3.41. The van der Waals surface area contributed by atoms with Crippen molar-refractivity contribution in [3.05, 3.63) is 28.2 Å². The average Bonchev–Trinajstić information content (AvgIpc) is 2.14. The average molecular weight is 269 g/mol. The largest absolute Gasteiger partial charge is 0.398 e. The van der Waals surface area contributed by atoms with E-state index in [9.17, 15) is 0 Å². The van der Waals surface area contributed by atoms with Gasteiger partial charge in [0.1, 0.15) is 0 Å². The zero-order valence-electron chi connectivity index (χ0n) is 9.02. The highest BCUT2D eigenvalue weighted by molar-refractivity contribution is 9.10. The minimum Gasteiger partial charge on any atom is -0.398 e. The third-order valence-corrected chi connectivity index (χ3v) is 3.76. The van der Waals surface area contributed by atoms with E-state index in [0.717, 1.165) is 16.7 Å². The third-order valence-electron chi connectivity index (χ3n) is 3.27. The van der Waals surface area contributed by atoms with E-state index in [2.05, 4.69) is 34.2 Å². The van der Waals surface area contributed by atoms with Crippen LogP contribution < -0.4 is 11.1 Å². The number of rotatable bonds is 3.